The van der Waals surface area contributed by atoms with E-state index in [9.17, 15) is 24.6 Å². The fraction of sp³-hybridized carbons (Fsp3) is 0.581. The summed E-state index contributed by atoms with van der Waals surface area (Å²) < 4.78 is 23.1. The second-order valence-corrected chi connectivity index (χ2v) is 12.6. The highest BCUT2D eigenvalue weighted by Gasteiger charge is 2.64. The summed E-state index contributed by atoms with van der Waals surface area (Å²) in [5.41, 5.74) is -0.974. The molecule has 2 amide bonds. The van der Waals surface area contributed by atoms with Gasteiger partial charge >= 0.3 is 12.1 Å². The number of amides is 2. The van der Waals surface area contributed by atoms with E-state index in [0.29, 0.717) is 17.7 Å². The van der Waals surface area contributed by atoms with Crippen LogP contribution in [0.3, 0.4) is 0 Å². The number of nitrogens with one attached hydrogen (secondary N) is 1. The number of hydrogen-bond acceptors (Lipinski definition) is 9. The highest BCUT2D eigenvalue weighted by molar-refractivity contribution is 6.35. The lowest BCUT2D eigenvalue weighted by molar-refractivity contribution is -0.157. The molecular weight excluding hydrogens is 580 g/mol. The van der Waals surface area contributed by atoms with Crippen LogP contribution in [-0.2, 0) is 35.0 Å². The molecule has 1 aromatic rings. The Morgan fingerprint density at radius 3 is 2.63 bits per heavy atom. The van der Waals surface area contributed by atoms with Gasteiger partial charge in [0.2, 0.25) is 5.91 Å². The van der Waals surface area contributed by atoms with E-state index in [2.05, 4.69) is 5.32 Å². The van der Waals surface area contributed by atoms with E-state index in [4.69, 9.17) is 30.5 Å². The summed E-state index contributed by atoms with van der Waals surface area (Å²) in [6, 6.07) is 3.26. The number of phenols is 1. The number of hydrogen-bond donors (Lipinski definition) is 3. The Morgan fingerprint density at radius 2 is 1.98 bits per heavy atom. The number of halogens is 1. The Bertz CT molecular complexity index is 1330. The zero-order chi connectivity index (χ0) is 31.9. The van der Waals surface area contributed by atoms with E-state index in [0.717, 1.165) is 5.57 Å². The van der Waals surface area contributed by atoms with Crippen LogP contribution >= 0.6 is 11.6 Å². The van der Waals surface area contributed by atoms with Crippen molar-refractivity contribution in [3.05, 3.63) is 46.5 Å². The van der Waals surface area contributed by atoms with Crippen LogP contribution in [0.5, 0.6) is 5.75 Å². The molecule has 7 atom stereocenters. The minimum absolute atomic E-state index is 0.0108. The van der Waals surface area contributed by atoms with Gasteiger partial charge in [0.05, 0.1) is 24.1 Å². The number of rotatable bonds is 3. The molecule has 4 bridgehead atoms. The van der Waals surface area contributed by atoms with Gasteiger partial charge in [0.25, 0.3) is 0 Å². The quantitative estimate of drug-likeness (QED) is 0.337. The zero-order valence-corrected chi connectivity index (χ0v) is 26.3. The molecule has 12 heteroatoms. The summed E-state index contributed by atoms with van der Waals surface area (Å²) in [7, 11) is 2.97. The molecule has 0 saturated carbocycles. The number of aliphatic hydroxyl groups is 1. The maximum absolute atomic E-state index is 13.7. The number of phenolic OH excluding ortho intramolecular Hbond substituents is 1. The molecule has 0 radical (unpaired) electrons. The van der Waals surface area contributed by atoms with Gasteiger partial charge < -0.3 is 34.1 Å². The number of methoxy groups -OCH3 is 1. The van der Waals surface area contributed by atoms with Crippen molar-refractivity contribution in [2.45, 2.75) is 89.6 Å². The first-order chi connectivity index (χ1) is 20.1. The van der Waals surface area contributed by atoms with Gasteiger partial charge in [-0.15, -0.1) is 0 Å². The molecule has 0 spiro atoms. The molecule has 3 aliphatic rings. The number of benzene rings is 1. The first-order valence-corrected chi connectivity index (χ1v) is 14.7. The number of carbonyl (C=O) groups excluding carboxylic acids is 3. The minimum Gasteiger partial charge on any atom is -0.506 e. The van der Waals surface area contributed by atoms with E-state index in [1.807, 2.05) is 19.9 Å². The summed E-state index contributed by atoms with van der Waals surface area (Å²) in [5, 5.41) is 24.6. The van der Waals surface area contributed by atoms with Crippen LogP contribution in [0, 0.1) is 11.8 Å². The Balaban J connectivity index is 1.78. The predicted octanol–water partition coefficient (Wildman–Crippen LogP) is 4.02. The Kier molecular flexibility index (Phi) is 9.51. The number of esters is 1. The molecular formula is C31H41ClN2O9. The van der Waals surface area contributed by atoms with Crippen molar-refractivity contribution in [2.24, 2.45) is 11.8 Å². The molecule has 3 aliphatic heterocycles. The van der Waals surface area contributed by atoms with Crippen molar-refractivity contribution < 1.29 is 43.5 Å². The van der Waals surface area contributed by atoms with E-state index in [1.54, 1.807) is 46.0 Å². The highest BCUT2D eigenvalue weighted by atomic mass is 35.5. The van der Waals surface area contributed by atoms with E-state index < -0.39 is 65.5 Å². The number of ether oxygens (including phenoxy) is 4. The minimum atomic E-state index is -1.78. The van der Waals surface area contributed by atoms with E-state index in [-0.39, 0.29) is 23.6 Å². The molecule has 3 heterocycles. The molecule has 11 nitrogen and oxygen atoms in total. The van der Waals surface area contributed by atoms with Gasteiger partial charge in [0.15, 0.2) is 5.72 Å². The summed E-state index contributed by atoms with van der Waals surface area (Å²) in [6.07, 6.45) is 1.29. The number of anilines is 1. The smallest absolute Gasteiger partial charge is 0.409 e. The first kappa shape index (κ1) is 32.8. The monoisotopic (exact) mass is 620 g/mol. The number of allylic oxidation sites excluding steroid dienone is 3. The Hall–Kier alpha value is -3.12. The van der Waals surface area contributed by atoms with Crippen molar-refractivity contribution >= 4 is 35.3 Å². The summed E-state index contributed by atoms with van der Waals surface area (Å²) in [5.74, 6) is -2.01. The van der Waals surface area contributed by atoms with Crippen LogP contribution < -0.4 is 10.2 Å². The number of alkyl carbamates (subject to hydrolysis) is 1. The standard InChI is InChI=1S/C31H41ClN2O9/c1-16(2)28(37)42-24-14-25(36)34(6)20-12-19(13-21(35)26(20)32)11-17(3)9-8-10-23(40-7)31(39)15-22(41-29(38)33-31)18(4)27-30(24,5)43-27/h8-10,12-13,16,18,22-24,27,35,39H,11,14-15H2,1-7H3,(H,33,38)/b10-8+,17-9?. The van der Waals surface area contributed by atoms with Crippen molar-refractivity contribution in [1.82, 2.24) is 5.32 Å². The summed E-state index contributed by atoms with van der Waals surface area (Å²) >= 11 is 6.44. The maximum atomic E-state index is 13.7. The lowest BCUT2D eigenvalue weighted by atomic mass is 9.83. The average Bonchev–Trinajstić information content (AvgIpc) is 3.62. The van der Waals surface area contributed by atoms with E-state index in [1.165, 1.54) is 18.1 Å². The van der Waals surface area contributed by atoms with Crippen LogP contribution in [0.2, 0.25) is 5.02 Å². The third-order valence-electron chi connectivity index (χ3n) is 8.47. The SMILES string of the molecule is COC1/C=C/C=C(C)Cc2cc(O)c(Cl)c(c2)N(C)C(=O)CC(OC(=O)C(C)C)C2(C)OC2C(C)C2CC1(O)NC(=O)O2. The number of nitrogens with zero attached hydrogens (tertiary/aromatic N) is 1. The normalized spacial score (nSPS) is 34.0. The molecule has 4 rings (SSSR count). The fourth-order valence-electron chi connectivity index (χ4n) is 5.75. The second-order valence-electron chi connectivity index (χ2n) is 12.2. The third-order valence-corrected chi connectivity index (χ3v) is 8.86. The van der Waals surface area contributed by atoms with Crippen LogP contribution in [0.15, 0.2) is 35.9 Å². The van der Waals surface area contributed by atoms with Crippen molar-refractivity contribution in [1.29, 1.82) is 0 Å². The number of aromatic hydroxyl groups is 1. The fourth-order valence-corrected chi connectivity index (χ4v) is 5.98. The number of epoxide rings is 1. The van der Waals surface area contributed by atoms with Crippen molar-refractivity contribution in [2.75, 3.05) is 19.1 Å². The molecule has 236 valence electrons. The van der Waals surface area contributed by atoms with Gasteiger partial charge in [-0.1, -0.05) is 56.2 Å². The summed E-state index contributed by atoms with van der Waals surface area (Å²) in [6.45, 7) is 8.83. The van der Waals surface area contributed by atoms with E-state index >= 15 is 0 Å². The third kappa shape index (κ3) is 6.85. The van der Waals surface area contributed by atoms with Crippen LogP contribution in [0.1, 0.15) is 53.0 Å². The van der Waals surface area contributed by atoms with Crippen molar-refractivity contribution in [3.8, 4) is 5.75 Å². The second kappa shape index (κ2) is 12.5. The van der Waals surface area contributed by atoms with Crippen molar-refractivity contribution in [3.63, 3.8) is 0 Å². The van der Waals surface area contributed by atoms with Gasteiger partial charge in [-0.05, 0) is 38.0 Å². The molecule has 2 fully saturated rings. The maximum Gasteiger partial charge on any atom is 0.409 e. The zero-order valence-electron chi connectivity index (χ0n) is 25.5. The number of fused-ring (bicyclic) bond motifs is 5. The molecule has 3 N–H and O–H groups in total. The van der Waals surface area contributed by atoms with Gasteiger partial charge in [0, 0.05) is 26.5 Å². The van der Waals surface area contributed by atoms with Crippen LogP contribution in [0.4, 0.5) is 10.5 Å². The topological polar surface area (TPSA) is 147 Å². The van der Waals surface area contributed by atoms with Gasteiger partial charge in [-0.3, -0.25) is 14.9 Å². The van der Waals surface area contributed by atoms with Gasteiger partial charge in [-0.2, -0.15) is 0 Å². The van der Waals surface area contributed by atoms with Crippen LogP contribution in [0.25, 0.3) is 0 Å². The Labute approximate surface area is 256 Å². The predicted molar refractivity (Wildman–Crippen MR) is 159 cm³/mol. The molecule has 7 unspecified atom stereocenters. The lowest BCUT2D eigenvalue weighted by Gasteiger charge is -2.42. The number of carbonyl (C=O) groups is 3. The molecule has 43 heavy (non-hydrogen) atoms. The van der Waals surface area contributed by atoms with Gasteiger partial charge in [0.1, 0.15) is 34.7 Å². The average molecular weight is 621 g/mol. The lowest BCUT2D eigenvalue weighted by Crippen LogP contribution is -2.63. The first-order valence-electron chi connectivity index (χ1n) is 14.3. The van der Waals surface area contributed by atoms with Crippen LogP contribution in [-0.4, -0.2) is 78.1 Å². The molecule has 0 aromatic heterocycles. The molecule has 0 aliphatic carbocycles. The molecule has 2 saturated heterocycles. The van der Waals surface area contributed by atoms with Gasteiger partial charge in [-0.25, -0.2) is 4.79 Å². The largest absolute Gasteiger partial charge is 0.506 e. The Morgan fingerprint density at radius 1 is 1.28 bits per heavy atom. The highest BCUT2D eigenvalue weighted by Crippen LogP contribution is 2.49. The summed E-state index contributed by atoms with van der Waals surface area (Å²) in [4.78, 5) is 40.4. The molecule has 1 aromatic carbocycles.